The predicted octanol–water partition coefficient (Wildman–Crippen LogP) is 6.11. The summed E-state index contributed by atoms with van der Waals surface area (Å²) < 4.78 is 13.4. The van der Waals surface area contributed by atoms with Crippen molar-refractivity contribution < 1.29 is 9.50 Å². The van der Waals surface area contributed by atoms with E-state index in [9.17, 15) is 9.50 Å². The van der Waals surface area contributed by atoms with Crippen LogP contribution in [0, 0.1) is 5.82 Å². The number of anilines is 1. The molecule has 0 radical (unpaired) electrons. The highest BCUT2D eigenvalue weighted by Gasteiger charge is 2.15. The molecular weight excluding hydrogens is 455 g/mol. The number of hydrogen-bond donors (Lipinski definition) is 4. The van der Waals surface area contributed by atoms with Crippen molar-refractivity contribution in [2.45, 2.75) is 19.6 Å². The van der Waals surface area contributed by atoms with E-state index in [1.54, 1.807) is 30.7 Å². The van der Waals surface area contributed by atoms with Crippen molar-refractivity contribution in [2.24, 2.45) is 0 Å². The molecule has 0 aliphatic rings. The summed E-state index contributed by atoms with van der Waals surface area (Å²) in [5, 5.41) is 22.6. The molecule has 0 aliphatic heterocycles. The third-order valence-corrected chi connectivity index (χ3v) is 6.28. The summed E-state index contributed by atoms with van der Waals surface area (Å²) >= 11 is 0. The van der Waals surface area contributed by atoms with Gasteiger partial charge in [-0.2, -0.15) is 5.10 Å². The van der Waals surface area contributed by atoms with Gasteiger partial charge in [-0.15, -0.1) is 0 Å². The van der Waals surface area contributed by atoms with E-state index in [0.717, 1.165) is 61.3 Å². The lowest BCUT2D eigenvalue weighted by atomic mass is 10.0. The minimum absolute atomic E-state index is 0.280. The number of hydrogen-bond acceptors (Lipinski definition) is 5. The van der Waals surface area contributed by atoms with Crippen molar-refractivity contribution in [3.63, 3.8) is 0 Å². The number of aromatic nitrogens is 5. The lowest BCUT2D eigenvalue weighted by molar-refractivity contribution is 0.199. The number of pyridine rings is 2. The molecule has 0 aliphatic carbocycles. The molecule has 8 heteroatoms. The molecule has 4 aromatic heterocycles. The predicted molar refractivity (Wildman–Crippen MR) is 140 cm³/mol. The summed E-state index contributed by atoms with van der Waals surface area (Å²) in [6, 6.07) is 18.4. The first kappa shape index (κ1) is 21.9. The zero-order chi connectivity index (χ0) is 24.6. The van der Waals surface area contributed by atoms with E-state index in [4.69, 9.17) is 0 Å². The van der Waals surface area contributed by atoms with Crippen LogP contribution < -0.4 is 5.32 Å². The van der Waals surface area contributed by atoms with Crippen LogP contribution in [0.2, 0.25) is 0 Å². The molecule has 1 unspecified atom stereocenters. The van der Waals surface area contributed by atoms with Crippen LogP contribution >= 0.6 is 0 Å². The quantitative estimate of drug-likeness (QED) is 0.216. The van der Waals surface area contributed by atoms with Gasteiger partial charge in [-0.05, 0) is 66.6 Å². The molecule has 0 bridgehead atoms. The Balaban J connectivity index is 1.42. The number of rotatable bonds is 6. The number of H-pyrrole nitrogens is 2. The third-order valence-electron chi connectivity index (χ3n) is 6.28. The average molecular weight is 479 g/mol. The smallest absolute Gasteiger partial charge is 0.124 e. The van der Waals surface area contributed by atoms with Crippen LogP contribution in [0.15, 0.2) is 79.3 Å². The van der Waals surface area contributed by atoms with Gasteiger partial charge < -0.3 is 15.4 Å². The second kappa shape index (κ2) is 8.90. The summed E-state index contributed by atoms with van der Waals surface area (Å²) in [5.41, 5.74) is 7.76. The van der Waals surface area contributed by atoms with Crippen LogP contribution in [-0.2, 0) is 0 Å². The molecular formula is C28H23FN6O. The van der Waals surface area contributed by atoms with E-state index in [1.165, 1.54) is 12.1 Å². The maximum Gasteiger partial charge on any atom is 0.124 e. The SMILES string of the molecule is CCC(O)Nc1cncc(-c2ccc3[nH]nc(-c4cc5c(-c6ccc(F)cc6)nccc5[nH]4)c3c2)c1. The molecule has 178 valence electrons. The molecule has 0 fully saturated rings. The lowest BCUT2D eigenvalue weighted by Crippen LogP contribution is -2.16. The molecule has 7 nitrogen and oxygen atoms in total. The number of aliphatic hydroxyl groups excluding tert-OH is 1. The Labute approximate surface area is 206 Å². The fraction of sp³-hybridized carbons (Fsp3) is 0.107. The fourth-order valence-corrected chi connectivity index (χ4v) is 4.39. The second-order valence-electron chi connectivity index (χ2n) is 8.67. The van der Waals surface area contributed by atoms with Gasteiger partial charge in [-0.25, -0.2) is 4.39 Å². The van der Waals surface area contributed by atoms with Gasteiger partial charge in [0, 0.05) is 39.8 Å². The highest BCUT2D eigenvalue weighted by molar-refractivity contribution is 6.00. The molecule has 36 heavy (non-hydrogen) atoms. The monoisotopic (exact) mass is 478 g/mol. The Morgan fingerprint density at radius 3 is 2.53 bits per heavy atom. The average Bonchev–Trinajstić information content (AvgIpc) is 3.53. The summed E-state index contributed by atoms with van der Waals surface area (Å²) in [4.78, 5) is 12.3. The molecule has 6 rings (SSSR count). The first-order valence-electron chi connectivity index (χ1n) is 11.7. The topological polar surface area (TPSA) is 103 Å². The largest absolute Gasteiger partial charge is 0.374 e. The summed E-state index contributed by atoms with van der Waals surface area (Å²) in [6.07, 6.45) is 5.21. The van der Waals surface area contributed by atoms with E-state index < -0.39 is 6.23 Å². The lowest BCUT2D eigenvalue weighted by Gasteiger charge is -2.12. The number of nitrogens with one attached hydrogen (secondary N) is 3. The van der Waals surface area contributed by atoms with Crippen LogP contribution in [0.1, 0.15) is 13.3 Å². The van der Waals surface area contributed by atoms with Gasteiger partial charge in [0.1, 0.15) is 17.7 Å². The number of aromatic amines is 2. The van der Waals surface area contributed by atoms with Crippen molar-refractivity contribution in [2.75, 3.05) is 5.32 Å². The maximum absolute atomic E-state index is 13.4. The highest BCUT2D eigenvalue weighted by Crippen LogP contribution is 2.34. The molecule has 0 saturated carbocycles. The maximum atomic E-state index is 13.4. The van der Waals surface area contributed by atoms with E-state index >= 15 is 0 Å². The first-order chi connectivity index (χ1) is 17.6. The summed E-state index contributed by atoms with van der Waals surface area (Å²) in [7, 11) is 0. The van der Waals surface area contributed by atoms with Crippen LogP contribution in [0.3, 0.4) is 0 Å². The molecule has 1 atom stereocenters. The standard InChI is InChI=1S/C28H23FN6O/c1-2-26(36)32-20-11-18(14-30-15-20)17-5-8-24-21(12-17)28(35-34-24)25-13-22-23(33-25)9-10-31-27(22)16-3-6-19(29)7-4-16/h3-15,26,32-33,36H,2H2,1H3,(H,34,35). The molecule has 6 aromatic rings. The van der Waals surface area contributed by atoms with Crippen molar-refractivity contribution in [1.82, 2.24) is 25.1 Å². The molecule has 0 amide bonds. The Hall–Kier alpha value is -4.56. The van der Waals surface area contributed by atoms with Crippen LogP contribution in [-0.4, -0.2) is 36.5 Å². The van der Waals surface area contributed by atoms with Gasteiger partial charge >= 0.3 is 0 Å². The Bertz CT molecular complexity index is 1690. The first-order valence-corrected chi connectivity index (χ1v) is 11.7. The molecule has 0 saturated heterocycles. The molecule has 4 N–H and O–H groups in total. The van der Waals surface area contributed by atoms with Gasteiger partial charge in [-0.3, -0.25) is 15.1 Å². The van der Waals surface area contributed by atoms with Gasteiger partial charge in [-0.1, -0.05) is 13.0 Å². The Kier molecular flexibility index (Phi) is 5.42. The normalized spacial score (nSPS) is 12.3. The number of nitrogens with zero attached hydrogens (tertiary/aromatic N) is 3. The Morgan fingerprint density at radius 1 is 0.889 bits per heavy atom. The van der Waals surface area contributed by atoms with E-state index in [1.807, 2.05) is 37.3 Å². The van der Waals surface area contributed by atoms with Gasteiger partial charge in [0.05, 0.1) is 28.8 Å². The van der Waals surface area contributed by atoms with Crippen molar-refractivity contribution in [1.29, 1.82) is 0 Å². The Morgan fingerprint density at radius 2 is 1.69 bits per heavy atom. The minimum Gasteiger partial charge on any atom is -0.374 e. The van der Waals surface area contributed by atoms with Crippen molar-refractivity contribution >= 4 is 27.5 Å². The third kappa shape index (κ3) is 3.97. The van der Waals surface area contributed by atoms with Crippen LogP contribution in [0.4, 0.5) is 10.1 Å². The zero-order valence-corrected chi connectivity index (χ0v) is 19.5. The molecule has 0 spiro atoms. The summed E-state index contributed by atoms with van der Waals surface area (Å²) in [6.45, 7) is 1.91. The molecule has 4 heterocycles. The second-order valence-corrected chi connectivity index (χ2v) is 8.67. The van der Waals surface area contributed by atoms with Crippen LogP contribution in [0.5, 0.6) is 0 Å². The van der Waals surface area contributed by atoms with E-state index in [-0.39, 0.29) is 5.82 Å². The van der Waals surface area contributed by atoms with Gasteiger partial charge in [0.25, 0.3) is 0 Å². The van der Waals surface area contributed by atoms with Crippen molar-refractivity contribution in [3.05, 3.63) is 85.1 Å². The van der Waals surface area contributed by atoms with Crippen LogP contribution in [0.25, 0.3) is 55.6 Å². The van der Waals surface area contributed by atoms with E-state index in [0.29, 0.717) is 6.42 Å². The number of halogens is 1. The summed E-state index contributed by atoms with van der Waals surface area (Å²) in [5.74, 6) is -0.280. The van der Waals surface area contributed by atoms with E-state index in [2.05, 4.69) is 36.5 Å². The minimum atomic E-state index is -0.624. The molecule has 2 aromatic carbocycles. The number of fused-ring (bicyclic) bond motifs is 2. The zero-order valence-electron chi connectivity index (χ0n) is 19.5. The van der Waals surface area contributed by atoms with Gasteiger partial charge in [0.2, 0.25) is 0 Å². The van der Waals surface area contributed by atoms with Crippen molar-refractivity contribution in [3.8, 4) is 33.8 Å². The number of benzene rings is 2. The number of aliphatic hydroxyl groups is 1. The highest BCUT2D eigenvalue weighted by atomic mass is 19.1. The fourth-order valence-electron chi connectivity index (χ4n) is 4.39. The van der Waals surface area contributed by atoms with Gasteiger partial charge in [0.15, 0.2) is 0 Å².